The lowest BCUT2D eigenvalue weighted by Gasteiger charge is -2.29. The fourth-order valence-corrected chi connectivity index (χ4v) is 3.76. The third kappa shape index (κ3) is 5.35. The molecule has 32 heavy (non-hydrogen) atoms. The molecule has 0 radical (unpaired) electrons. The van der Waals surface area contributed by atoms with Crippen LogP contribution in [-0.4, -0.2) is 47.5 Å². The predicted octanol–water partition coefficient (Wildman–Crippen LogP) is 3.47. The van der Waals surface area contributed by atoms with Crippen LogP contribution in [0.5, 0.6) is 5.75 Å². The molecule has 0 unspecified atom stereocenters. The number of hydrogen-bond acceptors (Lipinski definition) is 6. The van der Waals surface area contributed by atoms with E-state index in [1.165, 1.54) is 7.11 Å². The summed E-state index contributed by atoms with van der Waals surface area (Å²) in [7, 11) is 1.51. The van der Waals surface area contributed by atoms with Crippen molar-refractivity contribution in [2.24, 2.45) is 10.4 Å². The van der Waals surface area contributed by atoms with Gasteiger partial charge < -0.3 is 15.8 Å². The highest BCUT2D eigenvalue weighted by Gasteiger charge is 2.30. The molecule has 0 aromatic heterocycles. The van der Waals surface area contributed by atoms with Crippen LogP contribution in [0.2, 0.25) is 0 Å². The van der Waals surface area contributed by atoms with Gasteiger partial charge in [0.05, 0.1) is 35.9 Å². The summed E-state index contributed by atoms with van der Waals surface area (Å²) >= 11 is 0. The van der Waals surface area contributed by atoms with E-state index in [2.05, 4.69) is 16.4 Å². The highest BCUT2D eigenvalue weighted by molar-refractivity contribution is 6.06. The number of carbonyl (C=O) groups excluding carboxylic acids is 1. The first-order valence-electron chi connectivity index (χ1n) is 10.6. The van der Waals surface area contributed by atoms with Crippen molar-refractivity contribution in [3.05, 3.63) is 41.5 Å². The van der Waals surface area contributed by atoms with Crippen molar-refractivity contribution >= 4 is 29.2 Å². The van der Waals surface area contributed by atoms with E-state index in [0.717, 1.165) is 30.4 Å². The van der Waals surface area contributed by atoms with Crippen molar-refractivity contribution < 1.29 is 19.5 Å². The zero-order valence-electron chi connectivity index (χ0n) is 18.8. The second-order valence-corrected chi connectivity index (χ2v) is 8.57. The van der Waals surface area contributed by atoms with Gasteiger partial charge in [0, 0.05) is 36.5 Å². The van der Waals surface area contributed by atoms with Gasteiger partial charge in [0.25, 0.3) is 5.91 Å². The fourth-order valence-electron chi connectivity index (χ4n) is 3.76. The smallest absolute Gasteiger partial charge is 0.258 e. The number of nitriles is 1. The summed E-state index contributed by atoms with van der Waals surface area (Å²) in [4.78, 5) is 17.5. The molecule has 1 amide bonds. The Hall–Kier alpha value is -3.60. The van der Waals surface area contributed by atoms with Crippen molar-refractivity contribution in [3.63, 3.8) is 0 Å². The summed E-state index contributed by atoms with van der Waals surface area (Å²) in [6, 6.07) is 5.94. The number of nitrogens with zero attached hydrogens (tertiary/aromatic N) is 3. The molecule has 168 valence electrons. The normalized spacial score (nSPS) is 23.4. The maximum absolute atomic E-state index is 12.8. The molecule has 0 bridgehead atoms. The molecule has 1 aromatic carbocycles. The molecule has 8 heteroatoms. The van der Waals surface area contributed by atoms with Crippen molar-refractivity contribution in [1.82, 2.24) is 0 Å². The van der Waals surface area contributed by atoms with Crippen LogP contribution in [0.1, 0.15) is 45.1 Å². The monoisotopic (exact) mass is 436 g/mol. The number of hydroxylamine groups is 1. The summed E-state index contributed by atoms with van der Waals surface area (Å²) < 4.78 is 6.42. The number of anilines is 2. The largest absolute Gasteiger partial charge is 0.494 e. The number of amides is 1. The van der Waals surface area contributed by atoms with E-state index >= 15 is 0 Å². The van der Waals surface area contributed by atoms with E-state index in [4.69, 9.17) is 10.5 Å². The first kappa shape index (κ1) is 23.1. The van der Waals surface area contributed by atoms with Crippen LogP contribution < -0.4 is 15.8 Å². The molecule has 1 fully saturated rings. The predicted molar refractivity (Wildman–Crippen MR) is 124 cm³/mol. The third-order valence-electron chi connectivity index (χ3n) is 6.06. The maximum Gasteiger partial charge on any atom is 0.258 e. The van der Waals surface area contributed by atoms with Crippen LogP contribution in [-0.2, 0) is 4.79 Å². The highest BCUT2D eigenvalue weighted by atomic mass is 16.5. The molecule has 3 rings (SSSR count). The summed E-state index contributed by atoms with van der Waals surface area (Å²) in [5.41, 5.74) is 8.60. The second kappa shape index (κ2) is 9.69. The quantitative estimate of drug-likeness (QED) is 0.282. The Morgan fingerprint density at radius 1 is 1.44 bits per heavy atom. The Balaban J connectivity index is 1.77. The Bertz CT molecular complexity index is 1050. The van der Waals surface area contributed by atoms with E-state index in [1.807, 2.05) is 6.92 Å². The first-order chi connectivity index (χ1) is 15.2. The van der Waals surface area contributed by atoms with Gasteiger partial charge in [0.1, 0.15) is 5.75 Å². The van der Waals surface area contributed by atoms with Crippen LogP contribution in [0.3, 0.4) is 0 Å². The Kier molecular flexibility index (Phi) is 6.98. The van der Waals surface area contributed by atoms with Gasteiger partial charge in [-0.25, -0.2) is 0 Å². The van der Waals surface area contributed by atoms with Crippen molar-refractivity contribution in [3.8, 4) is 11.8 Å². The lowest BCUT2D eigenvalue weighted by atomic mass is 9.75. The number of ether oxygens (including phenoxy) is 1. The van der Waals surface area contributed by atoms with Crippen LogP contribution in [0.15, 0.2) is 40.9 Å². The number of nitrogen functional groups attached to an aromatic ring is 1. The number of rotatable bonds is 5. The van der Waals surface area contributed by atoms with Gasteiger partial charge in [0.2, 0.25) is 12.3 Å². The summed E-state index contributed by atoms with van der Waals surface area (Å²) in [6.45, 7) is 3.82. The van der Waals surface area contributed by atoms with E-state index in [1.54, 1.807) is 43.5 Å². The second-order valence-electron chi connectivity index (χ2n) is 8.57. The molecule has 1 aliphatic carbocycles. The fraction of sp³-hybridized carbons (Fsp3) is 0.417. The Morgan fingerprint density at radius 2 is 2.16 bits per heavy atom. The lowest BCUT2D eigenvalue weighted by molar-refractivity contribution is -0.768. The molecule has 0 saturated heterocycles. The summed E-state index contributed by atoms with van der Waals surface area (Å²) in [5.74, 6) is 0.0845. The number of allylic oxidation sites excluding steroid dienone is 3. The number of methoxy groups -OCH3 is 1. The summed E-state index contributed by atoms with van der Waals surface area (Å²) in [6.07, 6.45) is 10.2. The van der Waals surface area contributed by atoms with Gasteiger partial charge >= 0.3 is 0 Å². The molecule has 1 heterocycles. The van der Waals surface area contributed by atoms with Gasteiger partial charge in [-0.05, 0) is 49.5 Å². The minimum Gasteiger partial charge on any atom is -0.494 e. The minimum atomic E-state index is -0.350. The Labute approximate surface area is 188 Å². The van der Waals surface area contributed by atoms with Crippen molar-refractivity contribution in [1.29, 1.82) is 5.26 Å². The number of nitrogens with two attached hydrogens (primary N) is 1. The average Bonchev–Trinajstić information content (AvgIpc) is 2.95. The SMILES string of the molecule is COc1cc(N)c(C=NC2CCC(C)(C#N)CC2)cc1NC(=O)C1=CC=CC(C)=[N+](O)C1. The highest BCUT2D eigenvalue weighted by Crippen LogP contribution is 2.36. The zero-order valence-corrected chi connectivity index (χ0v) is 18.8. The molecule has 8 nitrogen and oxygen atoms in total. The maximum atomic E-state index is 12.8. The molecule has 1 aromatic rings. The van der Waals surface area contributed by atoms with Crippen LogP contribution >= 0.6 is 0 Å². The van der Waals surface area contributed by atoms with Gasteiger partial charge in [-0.15, -0.1) is 0 Å². The standard InChI is InChI=1S/C24H29N5O3/c1-16-5-4-6-17(14-29(16)31)23(30)28-21-11-18(20(26)12-22(21)32-3)13-27-19-7-9-24(2,15-25)10-8-19/h4-6,11-13,19,26,30-31H,7-10,14H2,1-3H3/p+1. The molecule has 1 aliphatic heterocycles. The first-order valence-corrected chi connectivity index (χ1v) is 10.6. The van der Waals surface area contributed by atoms with Gasteiger partial charge in [-0.3, -0.25) is 15.0 Å². The van der Waals surface area contributed by atoms with Gasteiger partial charge in [-0.2, -0.15) is 5.26 Å². The minimum absolute atomic E-state index is 0.0690. The van der Waals surface area contributed by atoms with Gasteiger partial charge in [-0.1, -0.05) is 6.08 Å². The van der Waals surface area contributed by atoms with Crippen molar-refractivity contribution in [2.75, 3.05) is 24.7 Å². The molecule has 0 spiro atoms. The molecule has 1 saturated carbocycles. The topological polar surface area (TPSA) is 124 Å². The third-order valence-corrected chi connectivity index (χ3v) is 6.06. The van der Waals surface area contributed by atoms with Crippen LogP contribution in [0.25, 0.3) is 0 Å². The van der Waals surface area contributed by atoms with Crippen molar-refractivity contribution in [2.45, 2.75) is 45.6 Å². The van der Waals surface area contributed by atoms with E-state index in [9.17, 15) is 15.3 Å². The number of nitrogens with one attached hydrogen (secondary N) is 1. The zero-order chi connectivity index (χ0) is 23.3. The van der Waals surface area contributed by atoms with Crippen LogP contribution in [0.4, 0.5) is 11.4 Å². The molecular weight excluding hydrogens is 406 g/mol. The number of hydrogen-bond donors (Lipinski definition) is 3. The molecular formula is C24H30N5O3+. The lowest BCUT2D eigenvalue weighted by Crippen LogP contribution is -2.24. The number of aliphatic imine (C=N–C) groups is 1. The molecule has 0 atom stereocenters. The molecule has 4 N–H and O–H groups in total. The molecule has 2 aliphatic rings. The Morgan fingerprint density at radius 3 is 2.81 bits per heavy atom. The van der Waals surface area contributed by atoms with E-state index in [-0.39, 0.29) is 23.9 Å². The van der Waals surface area contributed by atoms with Gasteiger partial charge in [0.15, 0.2) is 0 Å². The van der Waals surface area contributed by atoms with E-state index < -0.39 is 0 Å². The average molecular weight is 437 g/mol. The number of carbonyl (C=O) groups is 1. The van der Waals surface area contributed by atoms with E-state index in [0.29, 0.717) is 34.0 Å². The summed E-state index contributed by atoms with van der Waals surface area (Å²) in [5, 5.41) is 22.2. The van der Waals surface area contributed by atoms with Crippen LogP contribution in [0, 0.1) is 16.7 Å². The number of benzene rings is 1.